The van der Waals surface area contributed by atoms with E-state index < -0.39 is 0 Å². The average molecular weight is 470 g/mol. The number of methoxy groups -OCH3 is 1. The molecule has 0 radical (unpaired) electrons. The molecule has 0 aliphatic rings. The van der Waals surface area contributed by atoms with E-state index in [1.807, 2.05) is 54.6 Å². The van der Waals surface area contributed by atoms with Gasteiger partial charge in [0.25, 0.3) is 5.91 Å². The Morgan fingerprint density at radius 2 is 1.69 bits per heavy atom. The van der Waals surface area contributed by atoms with Gasteiger partial charge in [-0.25, -0.2) is 4.98 Å². The van der Waals surface area contributed by atoms with E-state index in [0.717, 1.165) is 29.7 Å². The normalized spacial score (nSPS) is 11.9. The number of amides is 1. The predicted molar refractivity (Wildman–Crippen MR) is 141 cm³/mol. The lowest BCUT2D eigenvalue weighted by Gasteiger charge is -2.24. The quantitative estimate of drug-likeness (QED) is 0.326. The molecule has 4 aromatic rings. The summed E-state index contributed by atoms with van der Waals surface area (Å²) in [4.78, 5) is 19.4. The van der Waals surface area contributed by atoms with Crippen LogP contribution in [0.1, 0.15) is 29.8 Å². The highest BCUT2D eigenvalue weighted by Gasteiger charge is 2.17. The number of para-hydroxylation sites is 3. The molecule has 1 atom stereocenters. The van der Waals surface area contributed by atoms with Crippen molar-refractivity contribution in [2.45, 2.75) is 26.4 Å². The lowest BCUT2D eigenvalue weighted by molar-refractivity contribution is -0.933. The van der Waals surface area contributed by atoms with Gasteiger partial charge in [0.1, 0.15) is 18.1 Å². The molecule has 1 aromatic heterocycles. The van der Waals surface area contributed by atoms with Crippen LogP contribution in [0.4, 0.5) is 11.5 Å². The van der Waals surface area contributed by atoms with Crippen molar-refractivity contribution >= 4 is 28.3 Å². The van der Waals surface area contributed by atoms with Crippen LogP contribution < -0.4 is 20.3 Å². The van der Waals surface area contributed by atoms with Crippen LogP contribution in [0.15, 0.2) is 84.9 Å². The van der Waals surface area contributed by atoms with Crippen molar-refractivity contribution in [2.75, 3.05) is 25.5 Å². The van der Waals surface area contributed by atoms with Crippen LogP contribution in [0, 0.1) is 0 Å². The molecule has 4 rings (SSSR count). The number of ether oxygens (including phenoxy) is 1. The number of quaternary nitrogens is 1. The number of fused-ring (bicyclic) bond motifs is 1. The van der Waals surface area contributed by atoms with Gasteiger partial charge >= 0.3 is 0 Å². The largest absolute Gasteiger partial charge is 0.495 e. The van der Waals surface area contributed by atoms with Gasteiger partial charge in [0.05, 0.1) is 43.0 Å². The molecule has 0 aliphatic carbocycles. The van der Waals surface area contributed by atoms with Crippen molar-refractivity contribution in [3.05, 3.63) is 96.1 Å². The third-order valence-corrected chi connectivity index (χ3v) is 6.15. The summed E-state index contributed by atoms with van der Waals surface area (Å²) < 4.78 is 5.45. The van der Waals surface area contributed by atoms with E-state index in [1.54, 1.807) is 13.2 Å². The second kappa shape index (κ2) is 11.5. The molecule has 0 bridgehead atoms. The maximum atomic E-state index is 13.3. The van der Waals surface area contributed by atoms with Crippen molar-refractivity contribution in [3.63, 3.8) is 0 Å². The summed E-state index contributed by atoms with van der Waals surface area (Å²) in [6.45, 7) is 6.79. The SMILES string of the molecule is COc1ccccc1Nc1cc(C(=O)NCC[NH+](Cc2ccccc2)C(C)C)c2ccccc2n1. The number of nitrogens with one attached hydrogen (secondary N) is 3. The maximum absolute atomic E-state index is 13.3. The summed E-state index contributed by atoms with van der Waals surface area (Å²) in [6.07, 6.45) is 0. The molecule has 0 spiro atoms. The zero-order valence-corrected chi connectivity index (χ0v) is 20.5. The fourth-order valence-electron chi connectivity index (χ4n) is 4.18. The highest BCUT2D eigenvalue weighted by Crippen LogP contribution is 2.28. The molecule has 1 unspecified atom stereocenters. The Kier molecular flexibility index (Phi) is 7.95. The van der Waals surface area contributed by atoms with E-state index in [0.29, 0.717) is 29.7 Å². The first-order chi connectivity index (χ1) is 17.0. The number of carbonyl (C=O) groups is 1. The highest BCUT2D eigenvalue weighted by molar-refractivity contribution is 6.07. The van der Waals surface area contributed by atoms with E-state index in [9.17, 15) is 4.79 Å². The number of hydrogen-bond acceptors (Lipinski definition) is 4. The average Bonchev–Trinajstić information content (AvgIpc) is 2.88. The molecule has 0 fully saturated rings. The first kappa shape index (κ1) is 24.2. The monoisotopic (exact) mass is 469 g/mol. The minimum absolute atomic E-state index is 0.102. The number of aromatic nitrogens is 1. The van der Waals surface area contributed by atoms with Gasteiger partial charge in [0.2, 0.25) is 0 Å². The molecule has 0 aliphatic heterocycles. The molecule has 1 heterocycles. The van der Waals surface area contributed by atoms with Gasteiger partial charge in [-0.3, -0.25) is 4.79 Å². The number of nitrogens with zero attached hydrogens (tertiary/aromatic N) is 1. The summed E-state index contributed by atoms with van der Waals surface area (Å²) in [6, 6.07) is 28.1. The Balaban J connectivity index is 1.50. The number of anilines is 2. The summed E-state index contributed by atoms with van der Waals surface area (Å²) in [5.41, 5.74) is 3.45. The standard InChI is InChI=1S/C29H32N4O2/c1-21(2)33(20-22-11-5-4-6-12-22)18-17-30-29(34)24-19-28(31-25-14-8-7-13-23(24)25)32-26-15-9-10-16-27(26)35-3/h4-16,19,21H,17-18,20H2,1-3H3,(H,30,34)(H,31,32)/p+1. The molecule has 0 saturated heterocycles. The lowest BCUT2D eigenvalue weighted by Crippen LogP contribution is -3.14. The third-order valence-electron chi connectivity index (χ3n) is 6.15. The molecular formula is C29H33N4O2+. The van der Waals surface area contributed by atoms with Crippen LogP contribution in [0.2, 0.25) is 0 Å². The molecule has 6 heteroatoms. The number of rotatable bonds is 10. The first-order valence-corrected chi connectivity index (χ1v) is 12.0. The molecule has 35 heavy (non-hydrogen) atoms. The Morgan fingerprint density at radius 3 is 2.46 bits per heavy atom. The van der Waals surface area contributed by atoms with Crippen molar-refractivity contribution in [1.29, 1.82) is 0 Å². The number of hydrogen-bond donors (Lipinski definition) is 3. The Labute approximate surface area is 207 Å². The van der Waals surface area contributed by atoms with Crippen LogP contribution >= 0.6 is 0 Å². The van der Waals surface area contributed by atoms with E-state index in [1.165, 1.54) is 10.5 Å². The fourth-order valence-corrected chi connectivity index (χ4v) is 4.18. The zero-order valence-electron chi connectivity index (χ0n) is 20.5. The lowest BCUT2D eigenvalue weighted by atomic mass is 10.1. The maximum Gasteiger partial charge on any atom is 0.252 e. The minimum Gasteiger partial charge on any atom is -0.495 e. The van der Waals surface area contributed by atoms with Gasteiger partial charge in [-0.05, 0) is 38.1 Å². The van der Waals surface area contributed by atoms with Crippen LogP contribution in [0.3, 0.4) is 0 Å². The van der Waals surface area contributed by atoms with E-state index in [-0.39, 0.29) is 5.91 Å². The van der Waals surface area contributed by atoms with Gasteiger partial charge in [0, 0.05) is 10.9 Å². The van der Waals surface area contributed by atoms with E-state index in [2.05, 4.69) is 48.7 Å². The number of benzene rings is 3. The first-order valence-electron chi connectivity index (χ1n) is 12.0. The van der Waals surface area contributed by atoms with Crippen LogP contribution in [-0.2, 0) is 6.54 Å². The second-order valence-corrected chi connectivity index (χ2v) is 8.88. The topological polar surface area (TPSA) is 67.7 Å². The van der Waals surface area contributed by atoms with Gasteiger partial charge in [-0.1, -0.05) is 60.7 Å². The third kappa shape index (κ3) is 6.16. The Bertz CT molecular complexity index is 1270. The van der Waals surface area contributed by atoms with Crippen molar-refractivity contribution in [3.8, 4) is 5.75 Å². The predicted octanol–water partition coefficient (Wildman–Crippen LogP) is 4.21. The zero-order chi connectivity index (χ0) is 24.6. The van der Waals surface area contributed by atoms with E-state index in [4.69, 9.17) is 9.72 Å². The Hall–Kier alpha value is -3.90. The molecule has 3 aromatic carbocycles. The smallest absolute Gasteiger partial charge is 0.252 e. The molecular weight excluding hydrogens is 436 g/mol. The van der Waals surface area contributed by atoms with Gasteiger partial charge < -0.3 is 20.3 Å². The summed E-state index contributed by atoms with van der Waals surface area (Å²) in [7, 11) is 1.63. The molecule has 0 saturated carbocycles. The minimum atomic E-state index is -0.102. The summed E-state index contributed by atoms with van der Waals surface area (Å²) in [5, 5.41) is 7.27. The number of pyridine rings is 1. The van der Waals surface area contributed by atoms with E-state index >= 15 is 0 Å². The fraction of sp³-hybridized carbons (Fsp3) is 0.241. The van der Waals surface area contributed by atoms with Crippen LogP contribution in [-0.4, -0.2) is 37.1 Å². The molecule has 3 N–H and O–H groups in total. The van der Waals surface area contributed by atoms with Crippen molar-refractivity contribution in [1.82, 2.24) is 10.3 Å². The van der Waals surface area contributed by atoms with Crippen molar-refractivity contribution in [2.24, 2.45) is 0 Å². The Morgan fingerprint density at radius 1 is 0.971 bits per heavy atom. The summed E-state index contributed by atoms with van der Waals surface area (Å²) >= 11 is 0. The second-order valence-electron chi connectivity index (χ2n) is 8.88. The van der Waals surface area contributed by atoms with Crippen LogP contribution in [0.5, 0.6) is 5.75 Å². The molecule has 6 nitrogen and oxygen atoms in total. The van der Waals surface area contributed by atoms with Gasteiger partial charge in [-0.15, -0.1) is 0 Å². The van der Waals surface area contributed by atoms with Gasteiger partial charge in [-0.2, -0.15) is 0 Å². The van der Waals surface area contributed by atoms with Crippen LogP contribution in [0.25, 0.3) is 10.9 Å². The van der Waals surface area contributed by atoms with Gasteiger partial charge in [0.15, 0.2) is 0 Å². The number of carbonyl (C=O) groups excluding carboxylic acids is 1. The summed E-state index contributed by atoms with van der Waals surface area (Å²) in [5.74, 6) is 1.20. The van der Waals surface area contributed by atoms with Crippen molar-refractivity contribution < 1.29 is 14.4 Å². The molecule has 1 amide bonds. The highest BCUT2D eigenvalue weighted by atomic mass is 16.5. The molecule has 180 valence electrons.